The van der Waals surface area contributed by atoms with Crippen LogP contribution in [0.1, 0.15) is 37.9 Å². The number of carbonyl (C=O) groups is 1. The van der Waals surface area contributed by atoms with Gasteiger partial charge in [-0.25, -0.2) is 18.9 Å². The number of aromatic nitrogens is 4. The number of amidine groups is 1. The molecule has 0 aromatic carbocycles. The summed E-state index contributed by atoms with van der Waals surface area (Å²) in [5.41, 5.74) is -0.267. The first-order chi connectivity index (χ1) is 14.9. The normalized spacial score (nSPS) is 16.6. The number of hydrogen-bond donors (Lipinski definition) is 2. The average molecular weight is 451 g/mol. The predicted octanol–water partition coefficient (Wildman–Crippen LogP) is 2.99. The first-order valence-electron chi connectivity index (χ1n) is 9.37. The molecule has 0 radical (unpaired) electrons. The number of fused-ring (bicyclic) bond motifs is 1. The Hall–Kier alpha value is -3.77. The summed E-state index contributed by atoms with van der Waals surface area (Å²) in [6, 6.07) is 1.59. The fourth-order valence-electron chi connectivity index (χ4n) is 3.11. The van der Waals surface area contributed by atoms with Gasteiger partial charge in [0.1, 0.15) is 23.0 Å². The number of aliphatic imine (C=N–C) groups is 1. The third-order valence-corrected chi connectivity index (χ3v) is 4.69. The number of nitrogens with one attached hydrogen (secondary N) is 2. The minimum absolute atomic E-state index is 0.146. The van der Waals surface area contributed by atoms with E-state index in [0.717, 1.165) is 6.07 Å². The monoisotopic (exact) mass is 451 g/mol. The molecule has 4 heterocycles. The number of nitrogens with zero attached hydrogens (tertiary/aromatic N) is 5. The van der Waals surface area contributed by atoms with Gasteiger partial charge in [-0.2, -0.15) is 5.10 Å². The zero-order valence-electron chi connectivity index (χ0n) is 17.0. The van der Waals surface area contributed by atoms with Crippen LogP contribution in [0.5, 0.6) is 5.88 Å². The van der Waals surface area contributed by atoms with E-state index in [1.807, 2.05) is 0 Å². The molecule has 1 atom stereocenters. The van der Waals surface area contributed by atoms with Crippen LogP contribution in [0.15, 0.2) is 35.7 Å². The third kappa shape index (κ3) is 4.18. The molecule has 4 rings (SSSR count). The molecule has 0 fully saturated rings. The number of alkyl halides is 3. The second-order valence-corrected chi connectivity index (χ2v) is 7.57. The first kappa shape index (κ1) is 21.5. The highest BCUT2D eigenvalue weighted by molar-refractivity contribution is 6.17. The molecule has 168 valence electrons. The van der Waals surface area contributed by atoms with Crippen LogP contribution in [0.2, 0.25) is 0 Å². The highest BCUT2D eigenvalue weighted by atomic mass is 19.4. The largest absolute Gasteiger partial charge is 0.574 e. The van der Waals surface area contributed by atoms with Gasteiger partial charge in [0.2, 0.25) is 5.88 Å². The Morgan fingerprint density at radius 3 is 2.69 bits per heavy atom. The van der Waals surface area contributed by atoms with E-state index in [0.29, 0.717) is 23.2 Å². The Morgan fingerprint density at radius 1 is 1.28 bits per heavy atom. The van der Waals surface area contributed by atoms with Gasteiger partial charge in [0, 0.05) is 11.8 Å². The maximum absolute atomic E-state index is 13.7. The maximum Gasteiger partial charge on any atom is 0.574 e. The molecule has 3 aromatic rings. The zero-order valence-corrected chi connectivity index (χ0v) is 17.0. The quantitative estimate of drug-likeness (QED) is 0.578. The average Bonchev–Trinajstić information content (AvgIpc) is 3.22. The van der Waals surface area contributed by atoms with Gasteiger partial charge < -0.3 is 15.4 Å². The first-order valence-corrected chi connectivity index (χ1v) is 9.37. The van der Waals surface area contributed by atoms with Crippen molar-refractivity contribution in [2.75, 3.05) is 5.32 Å². The molecule has 2 N–H and O–H groups in total. The van der Waals surface area contributed by atoms with Gasteiger partial charge in [-0.05, 0) is 32.9 Å². The van der Waals surface area contributed by atoms with Crippen LogP contribution < -0.4 is 15.4 Å². The number of rotatable bonds is 5. The van der Waals surface area contributed by atoms with Crippen molar-refractivity contribution < 1.29 is 27.1 Å². The number of ether oxygens (including phenoxy) is 1. The number of halogens is 4. The molecule has 0 spiro atoms. The van der Waals surface area contributed by atoms with E-state index in [-0.39, 0.29) is 17.3 Å². The standard InChI is InChI=1S/C19H17F4N7O2/c1-9(11-6-10(20)7-24-16(11)32-19(21,22)23)26-13-4-5-30-15(27-13)12(8-25-30)14-28-17(31)18(2,3)29-14/h4-9H,1-3H3,(H,26,27)(H,28,29,31)/t9-/m1/s1. The summed E-state index contributed by atoms with van der Waals surface area (Å²) >= 11 is 0. The third-order valence-electron chi connectivity index (χ3n) is 4.69. The molecule has 1 aliphatic heterocycles. The van der Waals surface area contributed by atoms with Gasteiger partial charge in [0.25, 0.3) is 5.91 Å². The molecule has 0 bridgehead atoms. The van der Waals surface area contributed by atoms with E-state index in [1.165, 1.54) is 23.7 Å². The summed E-state index contributed by atoms with van der Waals surface area (Å²) < 4.78 is 57.1. The number of amides is 1. The lowest BCUT2D eigenvalue weighted by Gasteiger charge is -2.18. The maximum atomic E-state index is 13.7. The second kappa shape index (κ2) is 7.43. The van der Waals surface area contributed by atoms with Crippen molar-refractivity contribution >= 4 is 23.2 Å². The highest BCUT2D eigenvalue weighted by Gasteiger charge is 2.36. The lowest BCUT2D eigenvalue weighted by molar-refractivity contribution is -0.276. The van der Waals surface area contributed by atoms with Gasteiger partial charge in [-0.15, -0.1) is 13.2 Å². The summed E-state index contributed by atoms with van der Waals surface area (Å²) in [6.45, 7) is 4.83. The molecule has 0 aliphatic carbocycles. The number of hydrogen-bond acceptors (Lipinski definition) is 7. The summed E-state index contributed by atoms with van der Waals surface area (Å²) in [4.78, 5) is 24.2. The second-order valence-electron chi connectivity index (χ2n) is 7.57. The summed E-state index contributed by atoms with van der Waals surface area (Å²) in [7, 11) is 0. The molecule has 0 unspecified atom stereocenters. The van der Waals surface area contributed by atoms with Gasteiger partial charge in [0.15, 0.2) is 5.65 Å². The van der Waals surface area contributed by atoms with Gasteiger partial charge in [-0.1, -0.05) is 0 Å². The topological polar surface area (TPSA) is 106 Å². The van der Waals surface area contributed by atoms with Crippen LogP contribution in [0.3, 0.4) is 0 Å². The van der Waals surface area contributed by atoms with E-state index in [9.17, 15) is 22.4 Å². The smallest absolute Gasteiger partial charge is 0.387 e. The lowest BCUT2D eigenvalue weighted by atomic mass is 10.1. The van der Waals surface area contributed by atoms with Crippen molar-refractivity contribution in [3.63, 3.8) is 0 Å². The van der Waals surface area contributed by atoms with Gasteiger partial charge in [-0.3, -0.25) is 9.79 Å². The zero-order chi connectivity index (χ0) is 23.3. The molecule has 32 heavy (non-hydrogen) atoms. The van der Waals surface area contributed by atoms with Crippen molar-refractivity contribution in [2.45, 2.75) is 38.7 Å². The van der Waals surface area contributed by atoms with Crippen LogP contribution in [0.4, 0.5) is 23.4 Å². The van der Waals surface area contributed by atoms with Crippen molar-refractivity contribution in [3.8, 4) is 5.88 Å². The SMILES string of the molecule is C[C@@H](Nc1ccn2ncc(C3=NC(C)(C)C(=O)N3)c2n1)c1cc(F)cnc1OC(F)(F)F. The van der Waals surface area contributed by atoms with Crippen LogP contribution in [-0.2, 0) is 4.79 Å². The Labute approximate surface area is 178 Å². The van der Waals surface area contributed by atoms with Gasteiger partial charge in [0.05, 0.1) is 24.0 Å². The molecular formula is C19H17F4N7O2. The van der Waals surface area contributed by atoms with Crippen molar-refractivity contribution in [3.05, 3.63) is 47.7 Å². The Bertz CT molecular complexity index is 1240. The minimum atomic E-state index is -4.98. The molecule has 0 saturated heterocycles. The molecule has 9 nitrogen and oxygen atoms in total. The van der Waals surface area contributed by atoms with E-state index in [4.69, 9.17) is 0 Å². The molecule has 3 aromatic heterocycles. The van der Waals surface area contributed by atoms with Crippen LogP contribution in [-0.4, -0.2) is 43.2 Å². The van der Waals surface area contributed by atoms with E-state index >= 15 is 0 Å². The van der Waals surface area contributed by atoms with E-state index < -0.39 is 29.6 Å². The summed E-state index contributed by atoms with van der Waals surface area (Å²) in [5.74, 6) is -1.29. The van der Waals surface area contributed by atoms with Crippen LogP contribution in [0.25, 0.3) is 5.65 Å². The summed E-state index contributed by atoms with van der Waals surface area (Å²) in [6.07, 6.45) is -1.29. The molecular weight excluding hydrogens is 434 g/mol. The number of pyridine rings is 1. The van der Waals surface area contributed by atoms with E-state index in [2.05, 4.69) is 35.4 Å². The van der Waals surface area contributed by atoms with E-state index in [1.54, 1.807) is 20.0 Å². The van der Waals surface area contributed by atoms with Crippen molar-refractivity contribution in [2.24, 2.45) is 4.99 Å². The lowest BCUT2D eigenvalue weighted by Crippen LogP contribution is -2.34. The Morgan fingerprint density at radius 2 is 2.03 bits per heavy atom. The fourth-order valence-corrected chi connectivity index (χ4v) is 3.11. The molecule has 13 heteroatoms. The number of carbonyl (C=O) groups excluding carboxylic acids is 1. The number of anilines is 1. The fraction of sp³-hybridized carbons (Fsp3) is 0.316. The van der Waals surface area contributed by atoms with Crippen LogP contribution in [0, 0.1) is 5.82 Å². The van der Waals surface area contributed by atoms with Gasteiger partial charge >= 0.3 is 6.36 Å². The Balaban J connectivity index is 1.65. The molecule has 0 saturated carbocycles. The van der Waals surface area contributed by atoms with Crippen LogP contribution >= 0.6 is 0 Å². The van der Waals surface area contributed by atoms with Crippen molar-refractivity contribution in [1.82, 2.24) is 24.9 Å². The Kier molecular flexibility index (Phi) is 4.98. The predicted molar refractivity (Wildman–Crippen MR) is 105 cm³/mol. The summed E-state index contributed by atoms with van der Waals surface area (Å²) in [5, 5.41) is 9.76. The minimum Gasteiger partial charge on any atom is -0.387 e. The molecule has 1 aliphatic rings. The van der Waals surface area contributed by atoms with Crippen molar-refractivity contribution in [1.29, 1.82) is 0 Å². The highest BCUT2D eigenvalue weighted by Crippen LogP contribution is 2.30. The molecule has 1 amide bonds.